The van der Waals surface area contributed by atoms with Crippen molar-refractivity contribution in [3.8, 4) is 11.5 Å². The monoisotopic (exact) mass is 317 g/mol. The SMILES string of the molecule is CCc1cc(C(C)=O)c(O)cc1OCCCCCn1cncn1. The molecule has 0 aliphatic rings. The number of carbonyl (C=O) groups excluding carboxylic acids is 1. The van der Waals surface area contributed by atoms with Crippen molar-refractivity contribution < 1.29 is 14.6 Å². The van der Waals surface area contributed by atoms with E-state index in [0.29, 0.717) is 17.9 Å². The van der Waals surface area contributed by atoms with Crippen LogP contribution >= 0.6 is 0 Å². The highest BCUT2D eigenvalue weighted by Crippen LogP contribution is 2.29. The number of hydrogen-bond donors (Lipinski definition) is 1. The quantitative estimate of drug-likeness (QED) is 0.568. The molecule has 0 amide bonds. The molecule has 0 saturated carbocycles. The van der Waals surface area contributed by atoms with E-state index in [9.17, 15) is 9.90 Å². The maximum Gasteiger partial charge on any atom is 0.163 e. The van der Waals surface area contributed by atoms with Gasteiger partial charge in [0.25, 0.3) is 0 Å². The minimum absolute atomic E-state index is 0.0177. The van der Waals surface area contributed by atoms with Crippen molar-refractivity contribution in [2.24, 2.45) is 0 Å². The van der Waals surface area contributed by atoms with Crippen LogP contribution in [0.5, 0.6) is 11.5 Å². The van der Waals surface area contributed by atoms with Crippen molar-refractivity contribution in [3.05, 3.63) is 35.9 Å². The summed E-state index contributed by atoms with van der Waals surface area (Å²) in [5.41, 5.74) is 1.29. The zero-order chi connectivity index (χ0) is 16.7. The number of ether oxygens (including phenoxy) is 1. The number of phenolic OH excluding ortho intramolecular Hbond substituents is 1. The Labute approximate surface area is 136 Å². The molecule has 1 aromatic heterocycles. The Morgan fingerprint density at radius 1 is 1.30 bits per heavy atom. The van der Waals surface area contributed by atoms with Crippen LogP contribution in [0.2, 0.25) is 0 Å². The molecule has 0 aliphatic carbocycles. The lowest BCUT2D eigenvalue weighted by Gasteiger charge is -2.13. The van der Waals surface area contributed by atoms with Crippen molar-refractivity contribution >= 4 is 5.78 Å². The van der Waals surface area contributed by atoms with Crippen molar-refractivity contribution in [2.75, 3.05) is 6.61 Å². The number of Topliss-reactive ketones (excluding diaryl/α,β-unsaturated/α-hetero) is 1. The molecule has 23 heavy (non-hydrogen) atoms. The Morgan fingerprint density at radius 3 is 2.78 bits per heavy atom. The van der Waals surface area contributed by atoms with Crippen LogP contribution in [-0.4, -0.2) is 32.3 Å². The van der Waals surface area contributed by atoms with E-state index >= 15 is 0 Å². The average molecular weight is 317 g/mol. The lowest BCUT2D eigenvalue weighted by atomic mass is 10.0. The minimum atomic E-state index is -0.142. The largest absolute Gasteiger partial charge is 0.507 e. The third-order valence-electron chi connectivity index (χ3n) is 3.69. The van der Waals surface area contributed by atoms with Gasteiger partial charge < -0.3 is 9.84 Å². The molecular weight excluding hydrogens is 294 g/mol. The summed E-state index contributed by atoms with van der Waals surface area (Å²) in [4.78, 5) is 15.4. The van der Waals surface area contributed by atoms with Gasteiger partial charge in [-0.2, -0.15) is 5.10 Å². The molecule has 0 fully saturated rings. The molecule has 1 heterocycles. The Morgan fingerprint density at radius 2 is 2.13 bits per heavy atom. The highest BCUT2D eigenvalue weighted by atomic mass is 16.5. The fourth-order valence-electron chi connectivity index (χ4n) is 2.39. The fraction of sp³-hybridized carbons (Fsp3) is 0.471. The first-order valence-electron chi connectivity index (χ1n) is 7.93. The van der Waals surface area contributed by atoms with Crippen molar-refractivity contribution in [2.45, 2.75) is 46.1 Å². The van der Waals surface area contributed by atoms with Gasteiger partial charge in [0.1, 0.15) is 24.2 Å². The highest BCUT2D eigenvalue weighted by molar-refractivity contribution is 5.97. The van der Waals surface area contributed by atoms with E-state index < -0.39 is 0 Å². The van der Waals surface area contributed by atoms with Crippen molar-refractivity contribution in [3.63, 3.8) is 0 Å². The summed E-state index contributed by atoms with van der Waals surface area (Å²) in [5, 5.41) is 14.0. The molecule has 1 aromatic carbocycles. The van der Waals surface area contributed by atoms with E-state index in [-0.39, 0.29) is 11.5 Å². The standard InChI is InChI=1S/C17H23N3O3/c1-3-14-9-15(13(2)21)16(22)10-17(14)23-8-6-4-5-7-20-12-18-11-19-20/h9-12,22H,3-8H2,1-2H3. The maximum absolute atomic E-state index is 11.5. The predicted octanol–water partition coefficient (Wildman–Crippen LogP) is 3.00. The van der Waals surface area contributed by atoms with Gasteiger partial charge in [-0.05, 0) is 44.2 Å². The number of aryl methyl sites for hydroxylation is 2. The number of benzene rings is 1. The molecule has 0 unspecified atom stereocenters. The van der Waals surface area contributed by atoms with Crippen LogP contribution in [0.4, 0.5) is 0 Å². The first-order chi connectivity index (χ1) is 11.1. The summed E-state index contributed by atoms with van der Waals surface area (Å²) in [6.07, 6.45) is 6.96. The van der Waals surface area contributed by atoms with Gasteiger partial charge in [-0.1, -0.05) is 6.92 Å². The zero-order valence-corrected chi connectivity index (χ0v) is 13.7. The summed E-state index contributed by atoms with van der Waals surface area (Å²) >= 11 is 0. The topological polar surface area (TPSA) is 77.2 Å². The van der Waals surface area contributed by atoms with Gasteiger partial charge >= 0.3 is 0 Å². The van der Waals surface area contributed by atoms with Crippen LogP contribution < -0.4 is 4.74 Å². The molecule has 6 nitrogen and oxygen atoms in total. The van der Waals surface area contributed by atoms with Crippen LogP contribution in [0.25, 0.3) is 0 Å². The van der Waals surface area contributed by atoms with E-state index in [1.54, 1.807) is 18.5 Å². The van der Waals surface area contributed by atoms with E-state index in [2.05, 4.69) is 10.1 Å². The Kier molecular flexibility index (Phi) is 6.14. The number of rotatable bonds is 9. The second kappa shape index (κ2) is 8.31. The van der Waals surface area contributed by atoms with Crippen LogP contribution in [0.3, 0.4) is 0 Å². The predicted molar refractivity (Wildman–Crippen MR) is 86.9 cm³/mol. The van der Waals surface area contributed by atoms with Crippen molar-refractivity contribution in [1.82, 2.24) is 14.8 Å². The Bertz CT molecular complexity index is 639. The average Bonchev–Trinajstić information content (AvgIpc) is 3.03. The van der Waals surface area contributed by atoms with Crippen LogP contribution in [0, 0.1) is 0 Å². The normalized spacial score (nSPS) is 10.7. The maximum atomic E-state index is 11.5. The number of nitrogens with zero attached hydrogens (tertiary/aromatic N) is 3. The number of unbranched alkanes of at least 4 members (excludes halogenated alkanes) is 2. The second-order valence-electron chi connectivity index (χ2n) is 5.45. The number of hydrogen-bond acceptors (Lipinski definition) is 5. The fourth-order valence-corrected chi connectivity index (χ4v) is 2.39. The number of carbonyl (C=O) groups is 1. The Balaban J connectivity index is 1.80. The summed E-state index contributed by atoms with van der Waals surface area (Å²) in [6.45, 7) is 4.89. The van der Waals surface area contributed by atoms with E-state index in [1.165, 1.54) is 13.3 Å². The first-order valence-corrected chi connectivity index (χ1v) is 7.93. The lowest BCUT2D eigenvalue weighted by molar-refractivity contribution is 0.101. The molecule has 124 valence electrons. The number of phenols is 1. The minimum Gasteiger partial charge on any atom is -0.507 e. The van der Waals surface area contributed by atoms with Crippen LogP contribution in [-0.2, 0) is 13.0 Å². The summed E-state index contributed by atoms with van der Waals surface area (Å²) in [7, 11) is 0. The van der Waals surface area contributed by atoms with Crippen molar-refractivity contribution in [1.29, 1.82) is 0 Å². The van der Waals surface area contributed by atoms with Crippen LogP contribution in [0.15, 0.2) is 24.8 Å². The molecule has 2 aromatic rings. The molecule has 0 aliphatic heterocycles. The van der Waals surface area contributed by atoms with Gasteiger partial charge in [0.15, 0.2) is 5.78 Å². The van der Waals surface area contributed by atoms with Gasteiger partial charge in [-0.15, -0.1) is 0 Å². The number of aromatic nitrogens is 3. The molecule has 0 bridgehead atoms. The third-order valence-corrected chi connectivity index (χ3v) is 3.69. The zero-order valence-electron chi connectivity index (χ0n) is 13.7. The molecular formula is C17H23N3O3. The second-order valence-corrected chi connectivity index (χ2v) is 5.45. The Hall–Kier alpha value is -2.37. The van der Waals surface area contributed by atoms with Gasteiger partial charge in [-0.25, -0.2) is 4.98 Å². The molecule has 0 saturated heterocycles. The lowest BCUT2D eigenvalue weighted by Crippen LogP contribution is -2.03. The van der Waals surface area contributed by atoms with Gasteiger partial charge in [0.05, 0.1) is 12.2 Å². The van der Waals surface area contributed by atoms with Gasteiger partial charge in [0, 0.05) is 12.6 Å². The smallest absolute Gasteiger partial charge is 0.163 e. The molecule has 2 rings (SSSR count). The number of aromatic hydroxyl groups is 1. The molecule has 0 radical (unpaired) electrons. The summed E-state index contributed by atoms with van der Waals surface area (Å²) < 4.78 is 7.59. The highest BCUT2D eigenvalue weighted by Gasteiger charge is 2.12. The van der Waals surface area contributed by atoms with Gasteiger partial charge in [-0.3, -0.25) is 9.48 Å². The molecule has 0 spiro atoms. The third kappa shape index (κ3) is 4.81. The molecule has 1 N–H and O–H groups in total. The van der Waals surface area contributed by atoms with E-state index in [0.717, 1.165) is 37.8 Å². The number of ketones is 1. The van der Waals surface area contributed by atoms with Crippen LogP contribution in [0.1, 0.15) is 49.0 Å². The molecule has 0 atom stereocenters. The first kappa shape index (κ1) is 17.0. The van der Waals surface area contributed by atoms with Gasteiger partial charge in [0.2, 0.25) is 0 Å². The summed E-state index contributed by atoms with van der Waals surface area (Å²) in [5.74, 6) is 0.499. The molecule has 6 heteroatoms. The van der Waals surface area contributed by atoms with E-state index in [4.69, 9.17) is 4.74 Å². The summed E-state index contributed by atoms with van der Waals surface area (Å²) in [6, 6.07) is 3.27. The van der Waals surface area contributed by atoms with E-state index in [1.807, 2.05) is 11.6 Å².